The van der Waals surface area contributed by atoms with E-state index in [1.165, 1.54) is 32.6 Å². The summed E-state index contributed by atoms with van der Waals surface area (Å²) in [4.78, 5) is 17.1. The molecule has 9 heteroatoms. The molecule has 0 bridgehead atoms. The summed E-state index contributed by atoms with van der Waals surface area (Å²) in [6.07, 6.45) is 6.88. The third-order valence-corrected chi connectivity index (χ3v) is 17.0. The van der Waals surface area contributed by atoms with E-state index in [0.29, 0.717) is 29.7 Å². The smallest absolute Gasteiger partial charge is 0.303 e. The van der Waals surface area contributed by atoms with Gasteiger partial charge in [-0.25, -0.2) is 0 Å². The van der Waals surface area contributed by atoms with E-state index in [0.717, 1.165) is 52.0 Å². The highest BCUT2D eigenvalue weighted by Gasteiger charge is 2.84. The molecule has 0 aromatic rings. The molecule has 0 radical (unpaired) electrons. The maximum atomic E-state index is 12.6. The Labute approximate surface area is 295 Å². The van der Waals surface area contributed by atoms with E-state index in [4.69, 9.17) is 18.9 Å². The van der Waals surface area contributed by atoms with Crippen molar-refractivity contribution in [2.45, 2.75) is 155 Å². The number of hydrogen-bond donors (Lipinski definition) is 2. The molecule has 49 heavy (non-hydrogen) atoms. The van der Waals surface area contributed by atoms with Gasteiger partial charge in [0.05, 0.1) is 36.6 Å². The van der Waals surface area contributed by atoms with Crippen LogP contribution >= 0.6 is 0 Å². The van der Waals surface area contributed by atoms with E-state index in [1.807, 2.05) is 0 Å². The molecule has 2 spiro atoms. The fraction of sp³-hybridized carbons (Fsp3) is 0.975. The van der Waals surface area contributed by atoms with E-state index < -0.39 is 29.9 Å². The van der Waals surface area contributed by atoms with Gasteiger partial charge in [-0.3, -0.25) is 9.69 Å². The second-order valence-electron chi connectivity index (χ2n) is 20.0. The average Bonchev–Trinajstić information content (AvgIpc) is 3.64. The Morgan fingerprint density at radius 2 is 1.69 bits per heavy atom. The number of likely N-dealkylation sites (N-methyl/N-ethyl adjacent to an activating group) is 1. The lowest BCUT2D eigenvalue weighted by atomic mass is 9.41. The van der Waals surface area contributed by atoms with Crippen LogP contribution in [0.25, 0.3) is 0 Å². The standard InChI is InChI=1S/C40H66N2O7/c1-23-18-26(34(36(5,6)45)47-24(2)43)48-32-31(23)37(7)14-15-40-22-39(40)13-12-29(49-30-21-42(16-17-46-30)25-19-41(9)20-25)35(3,4)27(39)10-11-28(40)38(37,8)33(32)44/h23,25-34,44-45H,10-22H2,1-9H3/t23-,26?,27+,28?,29+,30+,31+,32?,33+,34+,37-,38-,39?,40?/m1/s1. The van der Waals surface area contributed by atoms with Gasteiger partial charge < -0.3 is 34.1 Å². The van der Waals surface area contributed by atoms with Gasteiger partial charge in [-0.05, 0) is 118 Å². The summed E-state index contributed by atoms with van der Waals surface area (Å²) in [6, 6.07) is 0.633. The van der Waals surface area contributed by atoms with E-state index in [1.54, 1.807) is 13.8 Å². The predicted octanol–water partition coefficient (Wildman–Crippen LogP) is 4.86. The molecule has 3 aliphatic heterocycles. The monoisotopic (exact) mass is 686 g/mol. The highest BCUT2D eigenvalue weighted by atomic mass is 16.7. The van der Waals surface area contributed by atoms with E-state index in [-0.39, 0.29) is 52.0 Å². The number of nitrogens with zero attached hydrogens (tertiary/aromatic N) is 2. The van der Waals surface area contributed by atoms with Crippen LogP contribution in [0.2, 0.25) is 0 Å². The molecule has 2 N–H and O–H groups in total. The minimum Gasteiger partial charge on any atom is -0.457 e. The number of aliphatic hydroxyl groups is 2. The second-order valence-corrected chi connectivity index (χ2v) is 20.0. The first-order valence-electron chi connectivity index (χ1n) is 19.8. The molecule has 3 heterocycles. The molecular formula is C40H66N2O7. The topological polar surface area (TPSA) is 101 Å². The van der Waals surface area contributed by atoms with Crippen molar-refractivity contribution in [2.24, 2.45) is 50.7 Å². The van der Waals surface area contributed by atoms with Crippen LogP contribution in [0.3, 0.4) is 0 Å². The van der Waals surface area contributed by atoms with Crippen LogP contribution in [0.4, 0.5) is 0 Å². The fourth-order valence-corrected chi connectivity index (χ4v) is 14.7. The van der Waals surface area contributed by atoms with Gasteiger partial charge >= 0.3 is 5.97 Å². The molecule has 14 atom stereocenters. The van der Waals surface area contributed by atoms with Crippen molar-refractivity contribution in [3.8, 4) is 0 Å². The number of carbonyl (C=O) groups excluding carboxylic acids is 1. The second kappa shape index (κ2) is 11.3. The van der Waals surface area contributed by atoms with Crippen LogP contribution in [0.1, 0.15) is 107 Å². The zero-order valence-corrected chi connectivity index (χ0v) is 31.9. The van der Waals surface area contributed by atoms with Crippen molar-refractivity contribution < 1.29 is 34.0 Å². The normalized spacial score (nSPS) is 51.7. The fourth-order valence-electron chi connectivity index (χ4n) is 14.7. The van der Waals surface area contributed by atoms with Crippen LogP contribution in [-0.2, 0) is 23.7 Å². The summed E-state index contributed by atoms with van der Waals surface area (Å²) in [6.45, 7) is 21.9. The molecule has 5 aliphatic carbocycles. The van der Waals surface area contributed by atoms with Gasteiger partial charge in [-0.2, -0.15) is 0 Å². The van der Waals surface area contributed by atoms with Crippen molar-refractivity contribution >= 4 is 5.97 Å². The number of esters is 1. The molecule has 5 saturated carbocycles. The number of morpholine rings is 1. The number of rotatable bonds is 6. The van der Waals surface area contributed by atoms with Gasteiger partial charge in [0.15, 0.2) is 12.4 Å². The van der Waals surface area contributed by atoms with Crippen molar-refractivity contribution in [1.29, 1.82) is 0 Å². The van der Waals surface area contributed by atoms with Gasteiger partial charge in [0.25, 0.3) is 0 Å². The number of aliphatic hydroxyl groups excluding tert-OH is 1. The predicted molar refractivity (Wildman–Crippen MR) is 185 cm³/mol. The van der Waals surface area contributed by atoms with Crippen LogP contribution in [0.15, 0.2) is 0 Å². The highest BCUT2D eigenvalue weighted by Crippen LogP contribution is 2.89. The van der Waals surface area contributed by atoms with E-state index in [2.05, 4.69) is 51.5 Å². The lowest BCUT2D eigenvalue weighted by molar-refractivity contribution is -0.253. The number of likely N-dealkylation sites (tertiary alicyclic amines) is 1. The van der Waals surface area contributed by atoms with Crippen molar-refractivity contribution in [2.75, 3.05) is 39.8 Å². The zero-order valence-electron chi connectivity index (χ0n) is 31.9. The molecule has 0 aromatic carbocycles. The number of carbonyl (C=O) groups is 1. The summed E-state index contributed by atoms with van der Waals surface area (Å²) in [5.41, 5.74) is -0.909. The van der Waals surface area contributed by atoms with E-state index in [9.17, 15) is 15.0 Å². The van der Waals surface area contributed by atoms with Crippen molar-refractivity contribution in [3.63, 3.8) is 0 Å². The van der Waals surface area contributed by atoms with Crippen molar-refractivity contribution in [3.05, 3.63) is 0 Å². The number of ether oxygens (including phenoxy) is 4. The number of hydrogen-bond acceptors (Lipinski definition) is 9. The van der Waals surface area contributed by atoms with E-state index >= 15 is 0 Å². The Bertz CT molecular complexity index is 1310. The molecule has 3 saturated heterocycles. The van der Waals surface area contributed by atoms with Crippen molar-refractivity contribution in [1.82, 2.24) is 9.80 Å². The Hall–Kier alpha value is -0.810. The van der Waals surface area contributed by atoms with Crippen LogP contribution in [0, 0.1) is 50.7 Å². The summed E-state index contributed by atoms with van der Waals surface area (Å²) in [7, 11) is 2.20. The van der Waals surface area contributed by atoms with Gasteiger partial charge in [-0.1, -0.05) is 34.6 Å². The first-order valence-corrected chi connectivity index (χ1v) is 19.8. The van der Waals surface area contributed by atoms with Crippen LogP contribution in [0.5, 0.6) is 0 Å². The molecule has 278 valence electrons. The molecule has 0 amide bonds. The van der Waals surface area contributed by atoms with Gasteiger partial charge in [0, 0.05) is 44.6 Å². The lowest BCUT2D eigenvalue weighted by Crippen LogP contribution is -2.62. The molecule has 8 rings (SSSR count). The zero-order chi connectivity index (χ0) is 35.1. The first-order chi connectivity index (χ1) is 22.9. The van der Waals surface area contributed by atoms with Gasteiger partial charge in [0.2, 0.25) is 0 Å². The Morgan fingerprint density at radius 1 is 1.00 bits per heavy atom. The quantitative estimate of drug-likeness (QED) is 0.380. The third-order valence-electron chi connectivity index (χ3n) is 17.0. The Morgan fingerprint density at radius 3 is 2.37 bits per heavy atom. The third kappa shape index (κ3) is 4.83. The summed E-state index contributed by atoms with van der Waals surface area (Å²) >= 11 is 0. The van der Waals surface area contributed by atoms with Crippen LogP contribution < -0.4 is 0 Å². The molecular weight excluding hydrogens is 620 g/mol. The largest absolute Gasteiger partial charge is 0.457 e. The van der Waals surface area contributed by atoms with Crippen LogP contribution in [-0.4, -0.2) is 114 Å². The molecule has 8 fully saturated rings. The minimum absolute atomic E-state index is 0.0467. The summed E-state index contributed by atoms with van der Waals surface area (Å²) in [5.74, 6) is 1.15. The maximum Gasteiger partial charge on any atom is 0.303 e. The maximum absolute atomic E-state index is 12.6. The molecule has 5 unspecified atom stereocenters. The SMILES string of the molecule is CC(=O)O[C@@H](C1C[C@@H](C)[C@H]2C(O1)[C@H](O)[C@@]1(C)C3CC[C@H]4C(C)(C)[C@@H](O[C@H]5CN(C6CN(C)C6)CCO5)CCC45CC35CC[C@]21C)C(C)(C)O. The lowest BCUT2D eigenvalue weighted by Gasteiger charge is -2.64. The average molecular weight is 687 g/mol. The highest BCUT2D eigenvalue weighted by molar-refractivity contribution is 5.66. The first kappa shape index (κ1) is 35.2. The molecule has 9 nitrogen and oxygen atoms in total. The van der Waals surface area contributed by atoms with Gasteiger partial charge in [0.1, 0.15) is 0 Å². The number of fused-ring (bicyclic) bond motifs is 4. The Balaban J connectivity index is 1.02. The summed E-state index contributed by atoms with van der Waals surface area (Å²) in [5, 5.41) is 23.7. The molecule has 0 aromatic heterocycles. The Kier molecular flexibility index (Phi) is 8.16. The summed E-state index contributed by atoms with van der Waals surface area (Å²) < 4.78 is 25.8. The molecule has 8 aliphatic rings. The van der Waals surface area contributed by atoms with Gasteiger partial charge in [-0.15, -0.1) is 0 Å². The minimum atomic E-state index is -1.25.